The van der Waals surface area contributed by atoms with Crippen LogP contribution < -0.4 is 5.32 Å². The fourth-order valence-corrected chi connectivity index (χ4v) is 8.62. The van der Waals surface area contributed by atoms with Crippen LogP contribution in [0.25, 0.3) is 0 Å². The Morgan fingerprint density at radius 1 is 1.06 bits per heavy atom. The molecule has 3 amide bonds. The molecule has 0 saturated carbocycles. The fourth-order valence-electron chi connectivity index (χ4n) is 7.88. The van der Waals surface area contributed by atoms with Crippen molar-refractivity contribution in [3.8, 4) is 0 Å². The smallest absolute Gasteiger partial charge is 0.313 e. The summed E-state index contributed by atoms with van der Waals surface area (Å²) < 4.78 is 19.1. The van der Waals surface area contributed by atoms with Gasteiger partial charge >= 0.3 is 5.97 Å². The minimum Gasteiger partial charge on any atom is -0.455 e. The summed E-state index contributed by atoms with van der Waals surface area (Å²) in [5.41, 5.74) is -0.697. The van der Waals surface area contributed by atoms with E-state index in [1.165, 1.54) is 7.11 Å². The molecule has 1 aromatic rings. The van der Waals surface area contributed by atoms with E-state index in [-0.39, 0.29) is 43.4 Å². The first-order valence-corrected chi connectivity index (χ1v) is 18.4. The molecular formula is C37H50BrN3O8. The summed E-state index contributed by atoms with van der Waals surface area (Å²) >= 11 is 3.63. The van der Waals surface area contributed by atoms with Crippen LogP contribution in [0.1, 0.15) is 76.9 Å². The number of fused-ring (bicyclic) bond motifs is 2. The number of aliphatic hydroxyl groups is 1. The summed E-state index contributed by atoms with van der Waals surface area (Å²) in [7, 11) is 1.52. The van der Waals surface area contributed by atoms with E-state index in [0.717, 1.165) is 25.7 Å². The highest BCUT2D eigenvalue weighted by molar-refractivity contribution is 9.11. The number of halogens is 1. The molecule has 1 unspecified atom stereocenters. The Hall–Kier alpha value is -3.06. The summed E-state index contributed by atoms with van der Waals surface area (Å²) in [6.07, 6.45) is 9.08. The molecule has 1 spiro atoms. The van der Waals surface area contributed by atoms with Crippen LogP contribution in [0.2, 0.25) is 0 Å². The molecule has 4 heterocycles. The number of unbranched alkanes of at least 4 members (excludes halogenated alkanes) is 3. The van der Waals surface area contributed by atoms with E-state index in [1.54, 1.807) is 9.80 Å². The van der Waals surface area contributed by atoms with E-state index < -0.39 is 47.7 Å². The standard InChI is InChI=1S/C37H50BrN3O8/c1-4-15-24(2)40-19-13-8-11-18-28(43)39-27(23-47-3)31(25-16-9-7-10-17-25)48-36(46)29-30-34(44)41(20-12-5-6-14-21-42)33(35(40)45)37(30)22-26(38)32(29)49-37/h7-10,13,16-17,22,24,27,29-33,42H,4-6,11-12,14-15,18-21,23H2,1-3H3,(H,39,43)/b13-8-/t24?,27-,29+,30-,31-,32+,33+,37-/m0/s1. The molecule has 4 aliphatic rings. The number of hydrogen-bond donors (Lipinski definition) is 2. The zero-order valence-corrected chi connectivity index (χ0v) is 30.3. The molecular weight excluding hydrogens is 694 g/mol. The molecule has 0 aliphatic carbocycles. The number of nitrogens with one attached hydrogen (secondary N) is 1. The maximum Gasteiger partial charge on any atom is 0.313 e. The van der Waals surface area contributed by atoms with Gasteiger partial charge in [-0.25, -0.2) is 0 Å². The molecule has 12 heteroatoms. The predicted octanol–water partition coefficient (Wildman–Crippen LogP) is 4.20. The quantitative estimate of drug-likeness (QED) is 0.185. The van der Waals surface area contributed by atoms with Gasteiger partial charge in [-0.2, -0.15) is 0 Å². The van der Waals surface area contributed by atoms with Crippen molar-refractivity contribution in [2.24, 2.45) is 11.8 Å². The number of carbonyl (C=O) groups excluding carboxylic acids is 4. The minimum absolute atomic E-state index is 0.0832. The summed E-state index contributed by atoms with van der Waals surface area (Å²) in [5.74, 6) is -3.40. The van der Waals surface area contributed by atoms with Crippen LogP contribution >= 0.6 is 15.9 Å². The number of amides is 3. The minimum atomic E-state index is -1.36. The summed E-state index contributed by atoms with van der Waals surface area (Å²) in [6.45, 7) is 4.89. The van der Waals surface area contributed by atoms with Crippen LogP contribution in [-0.2, 0) is 33.4 Å². The molecule has 5 rings (SSSR count). The Morgan fingerprint density at radius 2 is 1.82 bits per heavy atom. The largest absolute Gasteiger partial charge is 0.455 e. The lowest BCUT2D eigenvalue weighted by Gasteiger charge is -2.38. The number of esters is 1. The van der Waals surface area contributed by atoms with Gasteiger partial charge in [0.15, 0.2) is 0 Å². The number of aliphatic hydroxyl groups excluding tert-OH is 1. The number of cyclic esters (lactones) is 1. The van der Waals surface area contributed by atoms with Crippen LogP contribution in [0, 0.1) is 11.8 Å². The SMILES string of the molecule is CCCC(C)N1C/C=C\CCC(=O)N[C@@H](COC)[C@H](c2ccccc2)OC(=O)[C@H]2[C@@H]3O[C@@]4(C=C3Br)[C@@H]2C(=O)N(CCCCCCO)[C@@H]4C1=O. The van der Waals surface area contributed by atoms with Gasteiger partial charge in [-0.3, -0.25) is 19.2 Å². The van der Waals surface area contributed by atoms with Crippen molar-refractivity contribution in [1.82, 2.24) is 15.1 Å². The lowest BCUT2D eigenvalue weighted by Crippen LogP contribution is -2.57. The lowest BCUT2D eigenvalue weighted by atomic mass is 9.74. The second-order valence-corrected chi connectivity index (χ2v) is 14.4. The van der Waals surface area contributed by atoms with Gasteiger partial charge in [0.05, 0.1) is 18.6 Å². The maximum atomic E-state index is 14.9. The van der Waals surface area contributed by atoms with E-state index in [0.29, 0.717) is 42.4 Å². The fraction of sp³-hybridized carbons (Fsp3) is 0.622. The van der Waals surface area contributed by atoms with E-state index >= 15 is 0 Å². The maximum absolute atomic E-state index is 14.9. The molecule has 2 saturated heterocycles. The van der Waals surface area contributed by atoms with Gasteiger partial charge in [-0.05, 0) is 44.2 Å². The van der Waals surface area contributed by atoms with E-state index in [1.807, 2.05) is 55.5 Å². The average molecular weight is 745 g/mol. The van der Waals surface area contributed by atoms with E-state index in [4.69, 9.17) is 14.2 Å². The molecule has 0 aromatic heterocycles. The Balaban J connectivity index is 1.59. The van der Waals surface area contributed by atoms with Crippen LogP contribution in [0.15, 0.2) is 53.0 Å². The van der Waals surface area contributed by atoms with Gasteiger partial charge < -0.3 is 34.4 Å². The number of allylic oxidation sites excluding steroid dienone is 1. The number of likely N-dealkylation sites (tertiary alicyclic amines) is 1. The average Bonchev–Trinajstić information content (AvgIpc) is 3.67. The Kier molecular flexibility index (Phi) is 12.7. The number of nitrogens with zero attached hydrogens (tertiary/aromatic N) is 2. The molecule has 2 N–H and O–H groups in total. The summed E-state index contributed by atoms with van der Waals surface area (Å²) in [6, 6.07) is 7.36. The second kappa shape index (κ2) is 16.8. The van der Waals surface area contributed by atoms with E-state index in [2.05, 4.69) is 28.2 Å². The van der Waals surface area contributed by atoms with Crippen molar-refractivity contribution < 1.29 is 38.5 Å². The molecule has 5 bridgehead atoms. The van der Waals surface area contributed by atoms with Gasteiger partial charge in [0.1, 0.15) is 29.8 Å². The highest BCUT2D eigenvalue weighted by atomic mass is 79.9. The van der Waals surface area contributed by atoms with Gasteiger partial charge in [0, 0.05) is 43.8 Å². The number of ether oxygens (including phenoxy) is 3. The van der Waals surface area contributed by atoms with Crippen LogP contribution in [0.4, 0.5) is 0 Å². The van der Waals surface area contributed by atoms with Crippen molar-refractivity contribution in [3.05, 3.63) is 58.6 Å². The number of hydrogen-bond acceptors (Lipinski definition) is 8. The predicted molar refractivity (Wildman–Crippen MR) is 186 cm³/mol. The first-order chi connectivity index (χ1) is 23.7. The highest BCUT2D eigenvalue weighted by Gasteiger charge is 2.75. The van der Waals surface area contributed by atoms with Crippen molar-refractivity contribution in [2.75, 3.05) is 33.4 Å². The Morgan fingerprint density at radius 3 is 2.53 bits per heavy atom. The molecule has 1 aromatic carbocycles. The number of carbonyl (C=O) groups is 4. The molecule has 8 atom stereocenters. The number of benzene rings is 1. The Labute approximate surface area is 297 Å². The first-order valence-electron chi connectivity index (χ1n) is 17.6. The zero-order chi connectivity index (χ0) is 35.1. The van der Waals surface area contributed by atoms with Gasteiger partial charge in [0.25, 0.3) is 0 Å². The van der Waals surface area contributed by atoms with Gasteiger partial charge in [0.2, 0.25) is 17.7 Å². The number of rotatable bonds is 12. The van der Waals surface area contributed by atoms with Crippen molar-refractivity contribution in [3.63, 3.8) is 0 Å². The van der Waals surface area contributed by atoms with Crippen molar-refractivity contribution in [2.45, 2.75) is 101 Å². The molecule has 2 fully saturated rings. The molecule has 11 nitrogen and oxygen atoms in total. The van der Waals surface area contributed by atoms with Gasteiger partial charge in [-0.15, -0.1) is 0 Å². The summed E-state index contributed by atoms with van der Waals surface area (Å²) in [5, 5.41) is 12.3. The van der Waals surface area contributed by atoms with Crippen LogP contribution in [-0.4, -0.2) is 102 Å². The van der Waals surface area contributed by atoms with Crippen molar-refractivity contribution in [1.29, 1.82) is 0 Å². The third-order valence-corrected chi connectivity index (χ3v) is 10.9. The molecule has 4 aliphatic heterocycles. The Bertz CT molecular complexity index is 1400. The molecule has 49 heavy (non-hydrogen) atoms. The van der Waals surface area contributed by atoms with Crippen LogP contribution in [0.3, 0.4) is 0 Å². The van der Waals surface area contributed by atoms with E-state index in [9.17, 15) is 24.3 Å². The highest BCUT2D eigenvalue weighted by Crippen LogP contribution is 2.59. The third-order valence-electron chi connectivity index (χ3n) is 10.2. The zero-order valence-electron chi connectivity index (χ0n) is 28.7. The summed E-state index contributed by atoms with van der Waals surface area (Å²) in [4.78, 5) is 60.6. The monoisotopic (exact) mass is 743 g/mol. The topological polar surface area (TPSA) is 135 Å². The second-order valence-electron chi connectivity index (χ2n) is 13.5. The van der Waals surface area contributed by atoms with Gasteiger partial charge in [-0.1, -0.05) is 84.6 Å². The molecule has 0 radical (unpaired) electrons. The van der Waals surface area contributed by atoms with Crippen molar-refractivity contribution >= 4 is 39.6 Å². The number of methoxy groups -OCH3 is 1. The third kappa shape index (κ3) is 7.67. The normalized spacial score (nSPS) is 31.7. The molecule has 268 valence electrons. The lowest BCUT2D eigenvalue weighted by molar-refractivity contribution is -0.162. The van der Waals surface area contributed by atoms with Crippen LogP contribution in [0.5, 0.6) is 0 Å². The first kappa shape index (κ1) is 37.2.